The lowest BCUT2D eigenvalue weighted by molar-refractivity contribution is -0.130. The van der Waals surface area contributed by atoms with Crippen molar-refractivity contribution in [2.75, 3.05) is 32.7 Å². The molecule has 1 unspecified atom stereocenters. The van der Waals surface area contributed by atoms with Crippen LogP contribution in [0, 0.1) is 5.41 Å². The van der Waals surface area contributed by atoms with Crippen molar-refractivity contribution in [1.82, 2.24) is 9.21 Å². The number of halogens is 1. The first-order valence-corrected chi connectivity index (χ1v) is 10.9. The molecule has 0 spiro atoms. The van der Waals surface area contributed by atoms with Crippen LogP contribution in [0.2, 0.25) is 0 Å². The SMILES string of the molecule is CC1(CN)CCN(C(=O)CCc2ccc(S(=O)(=O)N3CCCC3)cc2)C1.Cl. The number of hydrogen-bond donors (Lipinski definition) is 1. The number of sulfonamides is 1. The zero-order chi connectivity index (χ0) is 18.8. The van der Waals surface area contributed by atoms with Gasteiger partial charge in [0, 0.05) is 32.6 Å². The van der Waals surface area contributed by atoms with Gasteiger partial charge in [-0.1, -0.05) is 19.1 Å². The Hall–Kier alpha value is -1.15. The van der Waals surface area contributed by atoms with E-state index in [0.717, 1.165) is 37.9 Å². The molecule has 2 N–H and O–H groups in total. The van der Waals surface area contributed by atoms with Crippen molar-refractivity contribution in [2.45, 2.75) is 43.9 Å². The Kier molecular flexibility index (Phi) is 7.30. The Labute approximate surface area is 168 Å². The third-order valence-corrected chi connectivity index (χ3v) is 7.57. The smallest absolute Gasteiger partial charge is 0.243 e. The maximum Gasteiger partial charge on any atom is 0.243 e. The van der Waals surface area contributed by atoms with E-state index < -0.39 is 10.0 Å². The van der Waals surface area contributed by atoms with E-state index in [4.69, 9.17) is 5.73 Å². The highest BCUT2D eigenvalue weighted by molar-refractivity contribution is 7.89. The fraction of sp³-hybridized carbons (Fsp3) is 0.632. The maximum atomic E-state index is 12.5. The zero-order valence-corrected chi connectivity index (χ0v) is 17.5. The maximum absolute atomic E-state index is 12.5. The van der Waals surface area contributed by atoms with E-state index in [1.54, 1.807) is 16.4 Å². The number of amides is 1. The van der Waals surface area contributed by atoms with Crippen molar-refractivity contribution in [2.24, 2.45) is 11.1 Å². The van der Waals surface area contributed by atoms with Gasteiger partial charge in [-0.05, 0) is 55.3 Å². The van der Waals surface area contributed by atoms with Crippen LogP contribution in [0.3, 0.4) is 0 Å². The summed E-state index contributed by atoms with van der Waals surface area (Å²) in [5.74, 6) is 0.149. The lowest BCUT2D eigenvalue weighted by atomic mass is 9.90. The summed E-state index contributed by atoms with van der Waals surface area (Å²) in [6, 6.07) is 6.97. The molecule has 1 amide bonds. The van der Waals surface area contributed by atoms with Crippen LogP contribution in [0.5, 0.6) is 0 Å². The first-order valence-electron chi connectivity index (χ1n) is 9.41. The van der Waals surface area contributed by atoms with Crippen molar-refractivity contribution in [3.05, 3.63) is 29.8 Å². The standard InChI is InChI=1S/C19H29N3O3S.ClH/c1-19(14-20)10-13-21(15-19)18(23)9-6-16-4-7-17(8-5-16)26(24,25)22-11-2-3-12-22;/h4-5,7-8H,2-3,6,9-15,20H2,1H3;1H. The average Bonchev–Trinajstić information content (AvgIpc) is 3.31. The van der Waals surface area contributed by atoms with E-state index in [9.17, 15) is 13.2 Å². The molecular weight excluding hydrogens is 386 g/mol. The van der Waals surface area contributed by atoms with Crippen LogP contribution >= 0.6 is 12.4 Å². The Bertz CT molecular complexity index is 748. The number of carbonyl (C=O) groups is 1. The lowest BCUT2D eigenvalue weighted by Crippen LogP contribution is -2.34. The van der Waals surface area contributed by atoms with Crippen LogP contribution in [0.1, 0.15) is 38.2 Å². The van der Waals surface area contributed by atoms with Gasteiger partial charge in [-0.15, -0.1) is 12.4 Å². The molecule has 2 aliphatic rings. The third-order valence-electron chi connectivity index (χ3n) is 5.66. The normalized spacial score (nSPS) is 23.4. The first-order chi connectivity index (χ1) is 12.3. The average molecular weight is 416 g/mol. The molecule has 6 nitrogen and oxygen atoms in total. The van der Waals surface area contributed by atoms with E-state index in [1.165, 1.54) is 0 Å². The minimum Gasteiger partial charge on any atom is -0.342 e. The molecular formula is C19H30ClN3O3S. The Morgan fingerprint density at radius 3 is 2.33 bits per heavy atom. The predicted molar refractivity (Wildman–Crippen MR) is 108 cm³/mol. The summed E-state index contributed by atoms with van der Waals surface area (Å²) in [7, 11) is -3.37. The summed E-state index contributed by atoms with van der Waals surface area (Å²) >= 11 is 0. The summed E-state index contributed by atoms with van der Waals surface area (Å²) in [6.45, 7) is 5.45. The molecule has 2 saturated heterocycles. The van der Waals surface area contributed by atoms with Gasteiger partial charge in [-0.3, -0.25) is 4.79 Å². The van der Waals surface area contributed by atoms with Crippen molar-refractivity contribution < 1.29 is 13.2 Å². The topological polar surface area (TPSA) is 83.7 Å². The molecule has 1 atom stereocenters. The number of benzene rings is 1. The number of carbonyl (C=O) groups excluding carboxylic acids is 1. The number of nitrogens with zero attached hydrogens (tertiary/aromatic N) is 2. The van der Waals surface area contributed by atoms with E-state index in [0.29, 0.717) is 37.4 Å². The van der Waals surface area contributed by atoms with Crippen LogP contribution in [0.15, 0.2) is 29.2 Å². The van der Waals surface area contributed by atoms with Gasteiger partial charge in [-0.2, -0.15) is 4.31 Å². The summed E-state index contributed by atoms with van der Waals surface area (Å²) in [4.78, 5) is 14.6. The molecule has 1 aromatic carbocycles. The van der Waals surface area contributed by atoms with Crippen molar-refractivity contribution in [1.29, 1.82) is 0 Å². The van der Waals surface area contributed by atoms with Crippen LogP contribution < -0.4 is 5.73 Å². The van der Waals surface area contributed by atoms with E-state index >= 15 is 0 Å². The molecule has 152 valence electrons. The molecule has 2 aliphatic heterocycles. The van der Waals surface area contributed by atoms with Gasteiger partial charge in [0.1, 0.15) is 0 Å². The second-order valence-corrected chi connectivity index (χ2v) is 9.77. The molecule has 2 fully saturated rings. The van der Waals surface area contributed by atoms with E-state index in [-0.39, 0.29) is 23.7 Å². The van der Waals surface area contributed by atoms with Gasteiger partial charge in [-0.25, -0.2) is 8.42 Å². The van der Waals surface area contributed by atoms with Crippen LogP contribution in [-0.4, -0.2) is 56.3 Å². The van der Waals surface area contributed by atoms with Gasteiger partial charge in [0.15, 0.2) is 0 Å². The molecule has 8 heteroatoms. The number of nitrogens with two attached hydrogens (primary N) is 1. The van der Waals surface area contributed by atoms with Crippen molar-refractivity contribution in [3.63, 3.8) is 0 Å². The van der Waals surface area contributed by atoms with E-state index in [2.05, 4.69) is 6.92 Å². The Balaban J connectivity index is 0.00000261. The van der Waals surface area contributed by atoms with Crippen LogP contribution in [-0.2, 0) is 21.2 Å². The fourth-order valence-electron chi connectivity index (χ4n) is 3.72. The third kappa shape index (κ3) is 5.02. The first kappa shape index (κ1) is 22.1. The monoisotopic (exact) mass is 415 g/mol. The predicted octanol–water partition coefficient (Wildman–Crippen LogP) is 2.02. The number of aryl methyl sites for hydroxylation is 1. The van der Waals surface area contributed by atoms with Gasteiger partial charge in [0.05, 0.1) is 4.90 Å². The number of hydrogen-bond acceptors (Lipinski definition) is 4. The molecule has 3 rings (SSSR count). The van der Waals surface area contributed by atoms with Crippen molar-refractivity contribution >= 4 is 28.3 Å². The highest BCUT2D eigenvalue weighted by atomic mass is 35.5. The Morgan fingerprint density at radius 1 is 1.15 bits per heavy atom. The van der Waals surface area contributed by atoms with Crippen molar-refractivity contribution in [3.8, 4) is 0 Å². The molecule has 0 saturated carbocycles. The molecule has 27 heavy (non-hydrogen) atoms. The van der Waals surface area contributed by atoms with Gasteiger partial charge in [0.25, 0.3) is 0 Å². The van der Waals surface area contributed by atoms with Gasteiger partial charge < -0.3 is 10.6 Å². The number of likely N-dealkylation sites (tertiary alicyclic amines) is 1. The second-order valence-electron chi connectivity index (χ2n) is 7.84. The molecule has 2 heterocycles. The van der Waals surface area contributed by atoms with Gasteiger partial charge >= 0.3 is 0 Å². The highest BCUT2D eigenvalue weighted by Gasteiger charge is 2.34. The highest BCUT2D eigenvalue weighted by Crippen LogP contribution is 2.29. The quantitative estimate of drug-likeness (QED) is 0.770. The molecule has 0 aliphatic carbocycles. The summed E-state index contributed by atoms with van der Waals surface area (Å²) in [5.41, 5.74) is 6.83. The Morgan fingerprint density at radius 2 is 1.78 bits per heavy atom. The molecule has 0 bridgehead atoms. The number of rotatable bonds is 6. The zero-order valence-electron chi connectivity index (χ0n) is 15.9. The van der Waals surface area contributed by atoms with E-state index in [1.807, 2.05) is 17.0 Å². The summed E-state index contributed by atoms with van der Waals surface area (Å²) in [6.07, 6.45) is 3.88. The lowest BCUT2D eigenvalue weighted by Gasteiger charge is -2.22. The second kappa shape index (κ2) is 8.90. The van der Waals surface area contributed by atoms with Gasteiger partial charge in [0.2, 0.25) is 15.9 Å². The fourth-order valence-corrected chi connectivity index (χ4v) is 5.24. The van der Waals surface area contributed by atoms with Crippen LogP contribution in [0.4, 0.5) is 0 Å². The minimum atomic E-state index is -3.37. The summed E-state index contributed by atoms with van der Waals surface area (Å²) in [5, 5.41) is 0. The largest absolute Gasteiger partial charge is 0.342 e. The molecule has 1 aromatic rings. The summed E-state index contributed by atoms with van der Waals surface area (Å²) < 4.78 is 26.6. The minimum absolute atomic E-state index is 0. The molecule has 0 radical (unpaired) electrons. The molecule has 0 aromatic heterocycles. The van der Waals surface area contributed by atoms with Crippen LogP contribution in [0.25, 0.3) is 0 Å².